The molecule has 20 heteroatoms. The van der Waals surface area contributed by atoms with Crippen molar-refractivity contribution in [2.75, 3.05) is 20.0 Å². The van der Waals surface area contributed by atoms with E-state index in [1.165, 1.54) is 89.9 Å². The highest BCUT2D eigenvalue weighted by Crippen LogP contribution is 2.66. The third-order valence-corrected chi connectivity index (χ3v) is 36.3. The first-order valence-electron chi connectivity index (χ1n) is 49.9. The molecular formula is C115H216O20. The predicted molar refractivity (Wildman–Crippen MR) is 551 cm³/mol. The van der Waals surface area contributed by atoms with E-state index >= 15 is 0 Å². The SMILES string of the molecule is C.C.C.C.C.C.C.C.C.C.C.C.CCC(C)(C)C(=O)OC1(CC)C2CC3CC(C2)CC1C3.CCC(C)(C)C(=O)OC12CC3CC(CC(O)(C3)C1)C2.CCC(C)(C)C(=O)OC12CC3CC(O)(CC(O)(C3)C1)C2.CCC(C)(C)C(=O)OC1C2CC3CC1CC(C(=O)OCOCC1C4CC5CC(C4)CC1C5)(C3)C2.CCC(C)(C)C(=O)OC1CCOC1=O.CCC1(OC(=O)C(C)(C)CC)CCCCC1. The average Bonchev–Trinajstić information content (AvgIpc) is 1.43. The van der Waals surface area contributed by atoms with Gasteiger partial charge in [0, 0.05) is 32.1 Å². The van der Waals surface area contributed by atoms with Gasteiger partial charge in [-0.05, 0) is 397 Å². The van der Waals surface area contributed by atoms with E-state index in [1.807, 2.05) is 104 Å². The number of hydrogen-bond donors (Lipinski definition) is 3. The van der Waals surface area contributed by atoms with Gasteiger partial charge in [0.1, 0.15) is 28.5 Å². The summed E-state index contributed by atoms with van der Waals surface area (Å²) in [6.45, 7) is 40.8. The number of hydrogen-bond acceptors (Lipinski definition) is 20. The Morgan fingerprint density at radius 2 is 0.726 bits per heavy atom. The molecule has 22 rings (SSSR count). The topological polar surface area (TPSA) is 280 Å². The normalized spacial score (nSPS) is 35.8. The Balaban J connectivity index is 0.00000161. The van der Waals surface area contributed by atoms with Crippen LogP contribution in [-0.4, -0.2) is 134 Å². The number of carbonyl (C=O) groups is 8. The number of aliphatic hydroxyl groups is 3. The first-order valence-corrected chi connectivity index (χ1v) is 49.9. The molecular weight excluding hydrogens is 1700 g/mol. The van der Waals surface area contributed by atoms with Crippen molar-refractivity contribution in [3.63, 3.8) is 0 Å². The van der Waals surface area contributed by atoms with Crippen LogP contribution in [0.4, 0.5) is 0 Å². The summed E-state index contributed by atoms with van der Waals surface area (Å²) in [4.78, 5) is 98.2. The summed E-state index contributed by atoms with van der Waals surface area (Å²) in [5.41, 5.74) is -6.46. The van der Waals surface area contributed by atoms with Gasteiger partial charge >= 0.3 is 47.8 Å². The zero-order valence-corrected chi connectivity index (χ0v) is 80.2. The highest BCUT2D eigenvalue weighted by molar-refractivity contribution is 5.83. The van der Waals surface area contributed by atoms with Gasteiger partial charge in [0.15, 0.2) is 6.79 Å². The molecule has 1 aliphatic heterocycles. The third-order valence-electron chi connectivity index (χ3n) is 36.3. The van der Waals surface area contributed by atoms with Gasteiger partial charge in [-0.25, -0.2) is 4.79 Å². The molecule has 135 heavy (non-hydrogen) atoms. The Kier molecular flexibility index (Phi) is 48.1. The van der Waals surface area contributed by atoms with Crippen molar-refractivity contribution >= 4 is 47.8 Å². The molecule has 7 atom stereocenters. The molecule has 3 N–H and O–H groups in total. The minimum atomic E-state index is -0.842. The summed E-state index contributed by atoms with van der Waals surface area (Å²) in [6, 6.07) is 0. The molecule has 0 radical (unpaired) electrons. The summed E-state index contributed by atoms with van der Waals surface area (Å²) in [6.07, 6.45) is 40.0. The summed E-state index contributed by atoms with van der Waals surface area (Å²) in [5.74, 6) is 8.83. The molecule has 21 saturated carbocycles. The second-order valence-corrected chi connectivity index (χ2v) is 48.2. The van der Waals surface area contributed by atoms with Gasteiger partial charge < -0.3 is 58.0 Å². The molecule has 21 aliphatic carbocycles. The van der Waals surface area contributed by atoms with Crippen molar-refractivity contribution in [1.82, 2.24) is 0 Å². The number of rotatable bonds is 25. The Hall–Kier alpha value is -4.40. The van der Waals surface area contributed by atoms with Crippen LogP contribution in [0.5, 0.6) is 0 Å². The molecule has 0 aromatic heterocycles. The Morgan fingerprint density at radius 3 is 1.12 bits per heavy atom. The van der Waals surface area contributed by atoms with Gasteiger partial charge in [0.05, 0.1) is 67.9 Å². The molecule has 0 aromatic carbocycles. The molecule has 22 fully saturated rings. The van der Waals surface area contributed by atoms with E-state index in [2.05, 4.69) is 20.8 Å². The molecule has 7 unspecified atom stereocenters. The lowest BCUT2D eigenvalue weighted by molar-refractivity contribution is -0.264. The van der Waals surface area contributed by atoms with Gasteiger partial charge in [-0.3, -0.25) is 33.6 Å². The number of carbonyl (C=O) groups excluding carboxylic acids is 8. The molecule has 22 aliphatic rings. The van der Waals surface area contributed by atoms with E-state index in [-0.39, 0.29) is 183 Å². The number of cyclic esters (lactones) is 1. The van der Waals surface area contributed by atoms with E-state index < -0.39 is 56.1 Å². The molecule has 796 valence electrons. The minimum Gasteiger partial charge on any atom is -0.463 e. The first kappa shape index (κ1) is 131. The zero-order valence-electron chi connectivity index (χ0n) is 80.2. The molecule has 1 heterocycles. The van der Waals surface area contributed by atoms with Crippen molar-refractivity contribution in [2.45, 2.75) is 542 Å². The van der Waals surface area contributed by atoms with Crippen molar-refractivity contribution < 1.29 is 96.3 Å². The number of ether oxygens (including phenoxy) is 9. The molecule has 1 saturated heterocycles. The van der Waals surface area contributed by atoms with E-state index in [4.69, 9.17) is 42.6 Å². The van der Waals surface area contributed by atoms with E-state index in [0.717, 1.165) is 177 Å². The maximum absolute atomic E-state index is 13.3. The molecule has 0 spiro atoms. The molecule has 0 aromatic rings. The van der Waals surface area contributed by atoms with Crippen LogP contribution in [0, 0.1) is 127 Å². The van der Waals surface area contributed by atoms with Gasteiger partial charge in [-0.2, -0.15) is 0 Å². The maximum atomic E-state index is 13.3. The van der Waals surface area contributed by atoms with E-state index in [0.29, 0.717) is 92.5 Å². The van der Waals surface area contributed by atoms with Crippen LogP contribution >= 0.6 is 0 Å². The van der Waals surface area contributed by atoms with Crippen LogP contribution in [-0.2, 0) is 81.0 Å². The molecule has 20 bridgehead atoms. The quantitative estimate of drug-likeness (QED) is 0.0331. The van der Waals surface area contributed by atoms with Gasteiger partial charge in [0.25, 0.3) is 0 Å². The second-order valence-electron chi connectivity index (χ2n) is 48.2. The lowest BCUT2D eigenvalue weighted by Crippen LogP contribution is -2.67. The number of esters is 8. The largest absolute Gasteiger partial charge is 0.463 e. The first-order chi connectivity index (χ1) is 57.5. The Bertz CT molecular complexity index is 3620. The van der Waals surface area contributed by atoms with Crippen LogP contribution in [0.25, 0.3) is 0 Å². The summed E-state index contributed by atoms with van der Waals surface area (Å²) in [5, 5.41) is 32.0. The minimum absolute atomic E-state index is 0. The van der Waals surface area contributed by atoms with Crippen LogP contribution < -0.4 is 0 Å². The second kappa shape index (κ2) is 49.7. The van der Waals surface area contributed by atoms with Crippen LogP contribution in [0.1, 0.15) is 491 Å². The standard InChI is InChI=1S/C29H44O5.C18H30O2.C16H26O4.C16H26O3.C14H26O2.C10H16O4.12CH4/c1-4-28(2,3)26(30)34-25-22-10-19-11-23(25)14-29(12-19,13-22)27(31)33-16-32-15-24-20-6-17-5-18(8-20)9-21(24)7-17;1-5-17(3,4)16(19)20-18(6-2)14-8-12-7-13(10-14)11-15(18)9-12;1-4-13(2,3)12(17)20-16-7-11-5-14(18,9-16)8-15(19,6-11)10-16;1-4-14(2,3)13(17)19-16-8-11-5-12(9-16)7-15(18,6-11)10-16;1-5-13(3,4)12(15)16-14(6-2)10-8-7-9-11-14;1-4-10(2,3)9(12)14-7-5-6-13-8(7)11;;;;;;;;;;;;/h17-25H,4-16H2,1-3H3;12-15H,5-11H2,1-4H3;11,18-19H,4-10H2,1-3H3;11-12,18H,4-10H2,1-3H3;5-11H2,1-4H3;7H,4-6H2,1-3H3;12*1H4. The smallest absolute Gasteiger partial charge is 0.347 e. The fourth-order valence-electron chi connectivity index (χ4n) is 27.6. The Labute approximate surface area is 828 Å². The highest BCUT2D eigenvalue weighted by Gasteiger charge is 2.67. The lowest BCUT2D eigenvalue weighted by atomic mass is 9.48. The van der Waals surface area contributed by atoms with Crippen LogP contribution in [0.15, 0.2) is 0 Å². The van der Waals surface area contributed by atoms with Gasteiger partial charge in [0.2, 0.25) is 6.10 Å². The van der Waals surface area contributed by atoms with E-state index in [9.17, 15) is 53.7 Å². The predicted octanol–water partition coefficient (Wildman–Crippen LogP) is 28.5. The fraction of sp³-hybridized carbons (Fsp3) is 0.930. The average molecular weight is 1920 g/mol. The van der Waals surface area contributed by atoms with Crippen LogP contribution in [0.2, 0.25) is 0 Å². The maximum Gasteiger partial charge on any atom is 0.347 e. The van der Waals surface area contributed by atoms with Gasteiger partial charge in [-0.15, -0.1) is 0 Å². The summed E-state index contributed by atoms with van der Waals surface area (Å²) < 4.78 is 51.6. The molecule has 20 nitrogen and oxygen atoms in total. The summed E-state index contributed by atoms with van der Waals surface area (Å²) >= 11 is 0. The van der Waals surface area contributed by atoms with Crippen molar-refractivity contribution in [2.24, 2.45) is 127 Å². The van der Waals surface area contributed by atoms with Crippen molar-refractivity contribution in [3.8, 4) is 0 Å². The fourth-order valence-corrected chi connectivity index (χ4v) is 27.6. The van der Waals surface area contributed by atoms with Crippen LogP contribution in [0.3, 0.4) is 0 Å². The van der Waals surface area contributed by atoms with Crippen molar-refractivity contribution in [3.05, 3.63) is 0 Å². The van der Waals surface area contributed by atoms with Crippen molar-refractivity contribution in [1.29, 1.82) is 0 Å². The monoisotopic (exact) mass is 1920 g/mol. The highest BCUT2D eigenvalue weighted by atomic mass is 16.7. The lowest BCUT2D eigenvalue weighted by Gasteiger charge is -2.62. The third kappa shape index (κ3) is 28.8. The summed E-state index contributed by atoms with van der Waals surface area (Å²) in [7, 11) is 0. The zero-order chi connectivity index (χ0) is 89.9. The molecule has 0 amide bonds. The van der Waals surface area contributed by atoms with E-state index in [1.54, 1.807) is 13.8 Å². The van der Waals surface area contributed by atoms with Gasteiger partial charge in [-0.1, -0.05) is 151 Å². The Morgan fingerprint density at radius 1 is 0.363 bits per heavy atom.